The molecular formula is C13H19NO7S. The molecule has 0 saturated carbocycles. The molecule has 1 heterocycles. The summed E-state index contributed by atoms with van der Waals surface area (Å²) >= 11 is 1.05. The van der Waals surface area contributed by atoms with Gasteiger partial charge in [-0.3, -0.25) is 14.5 Å². The molecule has 0 bridgehead atoms. The summed E-state index contributed by atoms with van der Waals surface area (Å²) in [6.45, 7) is 1.61. The lowest BCUT2D eigenvalue weighted by atomic mass is 10.1. The molecule has 9 heteroatoms. The lowest BCUT2D eigenvalue weighted by Crippen LogP contribution is -2.47. The molecule has 0 aromatic rings. The Labute approximate surface area is 132 Å². The smallest absolute Gasteiger partial charge is 0.335 e. The highest BCUT2D eigenvalue weighted by atomic mass is 32.2. The van der Waals surface area contributed by atoms with Crippen LogP contribution in [0.3, 0.4) is 0 Å². The monoisotopic (exact) mass is 333 g/mol. The van der Waals surface area contributed by atoms with E-state index in [4.69, 9.17) is 0 Å². The summed E-state index contributed by atoms with van der Waals surface area (Å²) in [4.78, 5) is 47.7. The van der Waals surface area contributed by atoms with E-state index in [1.165, 1.54) is 0 Å². The first-order valence-corrected chi connectivity index (χ1v) is 7.76. The number of carbonyl (C=O) groups excluding carboxylic acids is 4. The van der Waals surface area contributed by atoms with Crippen LogP contribution in [-0.4, -0.2) is 71.6 Å². The van der Waals surface area contributed by atoms with E-state index < -0.39 is 41.8 Å². The first kappa shape index (κ1) is 18.4. The number of rotatable bonds is 7. The van der Waals surface area contributed by atoms with Crippen LogP contribution < -0.4 is 0 Å². The second-order valence-corrected chi connectivity index (χ2v) is 5.90. The zero-order valence-electron chi connectivity index (χ0n) is 12.6. The van der Waals surface area contributed by atoms with Crippen molar-refractivity contribution in [1.82, 2.24) is 4.90 Å². The van der Waals surface area contributed by atoms with Crippen molar-refractivity contribution in [3.8, 4) is 0 Å². The van der Waals surface area contributed by atoms with Gasteiger partial charge in [0, 0.05) is 23.8 Å². The van der Waals surface area contributed by atoms with E-state index in [1.54, 1.807) is 6.92 Å². The topological polar surface area (TPSA) is 110 Å². The fraction of sp³-hybridized carbons (Fsp3) is 0.692. The number of hydrogen-bond donors (Lipinski definition) is 1. The summed E-state index contributed by atoms with van der Waals surface area (Å²) in [5.74, 6) is -2.81. The Kier molecular flexibility index (Phi) is 6.82. The van der Waals surface area contributed by atoms with Crippen LogP contribution >= 0.6 is 11.8 Å². The Balaban J connectivity index is 2.70. The maximum absolute atomic E-state index is 12.0. The molecule has 22 heavy (non-hydrogen) atoms. The number of ether oxygens (including phenoxy) is 2. The zero-order chi connectivity index (χ0) is 16.9. The van der Waals surface area contributed by atoms with Crippen LogP contribution in [0.1, 0.15) is 13.3 Å². The lowest BCUT2D eigenvalue weighted by molar-refractivity contribution is -0.155. The van der Waals surface area contributed by atoms with E-state index in [1.807, 2.05) is 0 Å². The van der Waals surface area contributed by atoms with Crippen molar-refractivity contribution >= 4 is 35.5 Å². The Morgan fingerprint density at radius 3 is 2.32 bits per heavy atom. The van der Waals surface area contributed by atoms with Crippen LogP contribution in [0, 0.1) is 5.92 Å². The predicted octanol–water partition coefficient (Wildman–Crippen LogP) is -0.810. The van der Waals surface area contributed by atoms with Crippen molar-refractivity contribution in [1.29, 1.82) is 0 Å². The number of methoxy groups -OCH3 is 2. The third kappa shape index (κ3) is 4.20. The number of aliphatic hydroxyl groups is 1. The largest absolute Gasteiger partial charge is 0.467 e. The van der Waals surface area contributed by atoms with Crippen LogP contribution in [0.4, 0.5) is 0 Å². The molecule has 0 aromatic heterocycles. The molecular weight excluding hydrogens is 314 g/mol. The van der Waals surface area contributed by atoms with Crippen molar-refractivity contribution < 1.29 is 33.8 Å². The molecule has 3 atom stereocenters. The minimum Gasteiger partial charge on any atom is -0.467 e. The van der Waals surface area contributed by atoms with Gasteiger partial charge in [-0.25, -0.2) is 9.59 Å². The van der Waals surface area contributed by atoms with E-state index in [0.29, 0.717) is 0 Å². The molecule has 0 aliphatic carbocycles. The number of aliphatic hydroxyl groups excluding tert-OH is 1. The molecule has 124 valence electrons. The van der Waals surface area contributed by atoms with E-state index in [2.05, 4.69) is 9.47 Å². The molecule has 2 amide bonds. The highest BCUT2D eigenvalue weighted by Gasteiger charge is 2.43. The second-order valence-electron chi connectivity index (χ2n) is 4.82. The number of nitrogens with zero attached hydrogens (tertiary/aromatic N) is 1. The molecule has 1 aliphatic rings. The summed E-state index contributed by atoms with van der Waals surface area (Å²) in [6, 6.07) is -1.07. The Morgan fingerprint density at radius 2 is 1.86 bits per heavy atom. The highest BCUT2D eigenvalue weighted by molar-refractivity contribution is 7.99. The van der Waals surface area contributed by atoms with Gasteiger partial charge in [-0.2, -0.15) is 11.8 Å². The van der Waals surface area contributed by atoms with Crippen molar-refractivity contribution in [2.75, 3.05) is 25.7 Å². The Bertz CT molecular complexity index is 467. The Hall–Kier alpha value is -1.61. The number of carbonyl (C=O) groups is 4. The second kappa shape index (κ2) is 8.14. The molecule has 1 rings (SSSR count). The van der Waals surface area contributed by atoms with Gasteiger partial charge in [0.2, 0.25) is 11.8 Å². The van der Waals surface area contributed by atoms with Crippen LogP contribution in [0.15, 0.2) is 0 Å². The third-order valence-corrected chi connectivity index (χ3v) is 4.32. The minimum atomic E-state index is -1.34. The molecule has 8 nitrogen and oxygen atoms in total. The number of hydrogen-bond acceptors (Lipinski definition) is 8. The SMILES string of the molecule is COC(=O)[C@@H](CSC[C@H](O)C(=O)OC)N1C(=O)C[C@@H](C)C1=O. The predicted molar refractivity (Wildman–Crippen MR) is 76.8 cm³/mol. The molecule has 1 aliphatic heterocycles. The quantitative estimate of drug-likeness (QED) is 0.476. The summed E-state index contributed by atoms with van der Waals surface area (Å²) in [6.07, 6.45) is -1.28. The molecule has 0 aromatic carbocycles. The highest BCUT2D eigenvalue weighted by Crippen LogP contribution is 2.24. The van der Waals surface area contributed by atoms with E-state index >= 15 is 0 Å². The normalized spacial score (nSPS) is 20.7. The fourth-order valence-corrected chi connectivity index (χ4v) is 3.02. The molecule has 1 N–H and O–H groups in total. The van der Waals surface area contributed by atoms with Crippen LogP contribution in [-0.2, 0) is 28.7 Å². The van der Waals surface area contributed by atoms with Crippen LogP contribution in [0.25, 0.3) is 0 Å². The van der Waals surface area contributed by atoms with Gasteiger partial charge in [0.05, 0.1) is 14.2 Å². The van der Waals surface area contributed by atoms with Gasteiger partial charge in [-0.05, 0) is 0 Å². The summed E-state index contributed by atoms with van der Waals surface area (Å²) in [5, 5.41) is 9.48. The fourth-order valence-electron chi connectivity index (χ4n) is 2.01. The summed E-state index contributed by atoms with van der Waals surface area (Å²) in [5.41, 5.74) is 0. The minimum absolute atomic E-state index is 0.0219. The molecule has 0 radical (unpaired) electrons. The average molecular weight is 333 g/mol. The van der Waals surface area contributed by atoms with Crippen molar-refractivity contribution in [3.05, 3.63) is 0 Å². The van der Waals surface area contributed by atoms with Gasteiger partial charge in [-0.1, -0.05) is 6.92 Å². The van der Waals surface area contributed by atoms with Crippen molar-refractivity contribution in [3.63, 3.8) is 0 Å². The number of esters is 2. The molecule has 1 saturated heterocycles. The molecule has 0 unspecified atom stereocenters. The van der Waals surface area contributed by atoms with Gasteiger partial charge < -0.3 is 14.6 Å². The number of amides is 2. The lowest BCUT2D eigenvalue weighted by Gasteiger charge is -2.24. The third-order valence-electron chi connectivity index (χ3n) is 3.22. The van der Waals surface area contributed by atoms with Crippen LogP contribution in [0.5, 0.6) is 0 Å². The number of thioether (sulfide) groups is 1. The number of imide groups is 1. The van der Waals surface area contributed by atoms with Crippen molar-refractivity contribution in [2.24, 2.45) is 5.92 Å². The van der Waals surface area contributed by atoms with Gasteiger partial charge in [-0.15, -0.1) is 0 Å². The first-order chi connectivity index (χ1) is 10.3. The molecule has 1 fully saturated rings. The molecule has 0 spiro atoms. The maximum atomic E-state index is 12.0. The average Bonchev–Trinajstić information content (AvgIpc) is 2.75. The van der Waals surface area contributed by atoms with Gasteiger partial charge in [0.25, 0.3) is 0 Å². The van der Waals surface area contributed by atoms with E-state index in [-0.39, 0.29) is 17.9 Å². The van der Waals surface area contributed by atoms with Crippen LogP contribution in [0.2, 0.25) is 0 Å². The van der Waals surface area contributed by atoms with Gasteiger partial charge in [0.15, 0.2) is 6.10 Å². The summed E-state index contributed by atoms with van der Waals surface area (Å²) < 4.78 is 9.00. The summed E-state index contributed by atoms with van der Waals surface area (Å²) in [7, 11) is 2.31. The standard InChI is InChI=1S/C13H19NO7S/c1-7-4-10(16)14(11(7)17)8(12(18)20-2)5-22-6-9(15)13(19)21-3/h7-9,15H,4-6H2,1-3H3/t7-,8-,9+/m1/s1. The Morgan fingerprint density at radius 1 is 1.27 bits per heavy atom. The van der Waals surface area contributed by atoms with Crippen molar-refractivity contribution in [2.45, 2.75) is 25.5 Å². The maximum Gasteiger partial charge on any atom is 0.335 e. The number of likely N-dealkylation sites (tertiary alicyclic amines) is 1. The van der Waals surface area contributed by atoms with Gasteiger partial charge >= 0.3 is 11.9 Å². The van der Waals surface area contributed by atoms with Gasteiger partial charge in [0.1, 0.15) is 6.04 Å². The zero-order valence-corrected chi connectivity index (χ0v) is 13.4. The van der Waals surface area contributed by atoms with E-state index in [9.17, 15) is 24.3 Å². The van der Waals surface area contributed by atoms with E-state index in [0.717, 1.165) is 30.9 Å². The first-order valence-electron chi connectivity index (χ1n) is 6.60.